The van der Waals surface area contributed by atoms with Gasteiger partial charge < -0.3 is 5.32 Å². The van der Waals surface area contributed by atoms with Crippen LogP contribution in [0.15, 0.2) is 48.5 Å². The van der Waals surface area contributed by atoms with Crippen LogP contribution in [0, 0.1) is 12.7 Å². The number of fused-ring (bicyclic) bond motifs is 2. The maximum absolute atomic E-state index is 13.3. The van der Waals surface area contributed by atoms with E-state index < -0.39 is 0 Å². The molecule has 1 N–H and O–H groups in total. The quantitative estimate of drug-likeness (QED) is 0.562. The molecular formula is C20H15FN4OS. The third-order valence-electron chi connectivity index (χ3n) is 4.84. The van der Waals surface area contributed by atoms with Gasteiger partial charge in [0.15, 0.2) is 0 Å². The van der Waals surface area contributed by atoms with Gasteiger partial charge >= 0.3 is 0 Å². The van der Waals surface area contributed by atoms with Gasteiger partial charge in [0.05, 0.1) is 15.9 Å². The van der Waals surface area contributed by atoms with Crippen molar-refractivity contribution in [3.05, 3.63) is 71.2 Å². The van der Waals surface area contributed by atoms with Crippen LogP contribution in [-0.2, 0) is 4.79 Å². The van der Waals surface area contributed by atoms with Crippen molar-refractivity contribution >= 4 is 33.3 Å². The van der Waals surface area contributed by atoms with Gasteiger partial charge in [0.25, 0.3) is 0 Å². The van der Waals surface area contributed by atoms with Gasteiger partial charge in [0, 0.05) is 17.9 Å². The molecule has 0 bridgehead atoms. The third-order valence-corrected chi connectivity index (χ3v) is 5.85. The number of carbonyl (C=O) groups is 1. The summed E-state index contributed by atoms with van der Waals surface area (Å²) in [7, 11) is 0. The third kappa shape index (κ3) is 2.62. The Hall–Kier alpha value is -3.06. The molecule has 0 spiro atoms. The van der Waals surface area contributed by atoms with Gasteiger partial charge in [-0.05, 0) is 36.8 Å². The molecule has 1 aliphatic heterocycles. The predicted octanol–water partition coefficient (Wildman–Crippen LogP) is 4.40. The molecule has 0 radical (unpaired) electrons. The Kier molecular flexibility index (Phi) is 3.58. The maximum atomic E-state index is 13.3. The zero-order chi connectivity index (χ0) is 18.5. The number of anilines is 1. The largest absolute Gasteiger partial charge is 0.310 e. The summed E-state index contributed by atoms with van der Waals surface area (Å²) >= 11 is 1.53. The average Bonchev–Trinajstić information content (AvgIpc) is 3.23. The van der Waals surface area contributed by atoms with Gasteiger partial charge in [-0.15, -0.1) is 0 Å². The maximum Gasteiger partial charge on any atom is 0.226 e. The first kappa shape index (κ1) is 16.1. The number of thiazole rings is 1. The summed E-state index contributed by atoms with van der Waals surface area (Å²) in [6, 6.07) is 14.2. The molecule has 4 aromatic rings. The van der Waals surface area contributed by atoms with E-state index in [0.29, 0.717) is 17.4 Å². The highest BCUT2D eigenvalue weighted by Gasteiger charge is 2.33. The van der Waals surface area contributed by atoms with Crippen molar-refractivity contribution in [3.8, 4) is 5.13 Å². The minimum atomic E-state index is -0.291. The van der Waals surface area contributed by atoms with Crippen LogP contribution in [0.3, 0.4) is 0 Å². The number of aryl methyl sites for hydroxylation is 1. The molecule has 0 fully saturated rings. The Balaban J connectivity index is 1.67. The van der Waals surface area contributed by atoms with Gasteiger partial charge in [0.2, 0.25) is 11.0 Å². The van der Waals surface area contributed by atoms with E-state index in [4.69, 9.17) is 0 Å². The molecule has 1 amide bonds. The molecule has 7 heteroatoms. The summed E-state index contributed by atoms with van der Waals surface area (Å²) in [4.78, 5) is 17.1. The molecule has 1 aliphatic rings. The Morgan fingerprint density at radius 3 is 2.74 bits per heavy atom. The van der Waals surface area contributed by atoms with Gasteiger partial charge in [-0.3, -0.25) is 4.79 Å². The number of nitrogens with zero attached hydrogens (tertiary/aromatic N) is 3. The van der Waals surface area contributed by atoms with Crippen LogP contribution >= 0.6 is 11.3 Å². The fraction of sp³-hybridized carbons (Fsp3) is 0.150. The lowest BCUT2D eigenvalue weighted by atomic mass is 9.86. The minimum Gasteiger partial charge on any atom is -0.310 e. The zero-order valence-electron chi connectivity index (χ0n) is 14.4. The number of hydrogen-bond donors (Lipinski definition) is 1. The van der Waals surface area contributed by atoms with Crippen LogP contribution in [0.4, 0.5) is 10.2 Å². The van der Waals surface area contributed by atoms with Crippen LogP contribution < -0.4 is 5.32 Å². The molecule has 5 rings (SSSR count). The molecule has 0 saturated heterocycles. The minimum absolute atomic E-state index is 0.0842. The summed E-state index contributed by atoms with van der Waals surface area (Å²) < 4.78 is 16.1. The molecular weight excluding hydrogens is 363 g/mol. The number of nitrogens with one attached hydrogen (secondary N) is 1. The lowest BCUT2D eigenvalue weighted by Crippen LogP contribution is -2.24. The van der Waals surface area contributed by atoms with Crippen molar-refractivity contribution in [2.45, 2.75) is 19.3 Å². The molecule has 0 saturated carbocycles. The normalized spacial score (nSPS) is 16.4. The van der Waals surface area contributed by atoms with E-state index in [2.05, 4.69) is 15.4 Å². The van der Waals surface area contributed by atoms with Crippen LogP contribution in [0.2, 0.25) is 0 Å². The van der Waals surface area contributed by atoms with Crippen molar-refractivity contribution in [2.24, 2.45) is 0 Å². The van der Waals surface area contributed by atoms with Crippen molar-refractivity contribution in [3.63, 3.8) is 0 Å². The van der Waals surface area contributed by atoms with Crippen molar-refractivity contribution in [1.29, 1.82) is 0 Å². The summed E-state index contributed by atoms with van der Waals surface area (Å²) in [6.07, 6.45) is 0.311. The SMILES string of the molecule is Cc1nn(-c2nc3ccccc3s2)c2c1[C@H](c1ccc(F)cc1)CC(=O)N2. The lowest BCUT2D eigenvalue weighted by Gasteiger charge is -2.24. The van der Waals surface area contributed by atoms with Crippen LogP contribution in [0.25, 0.3) is 15.3 Å². The predicted molar refractivity (Wildman–Crippen MR) is 103 cm³/mol. The van der Waals surface area contributed by atoms with E-state index in [1.807, 2.05) is 31.2 Å². The Bertz CT molecular complexity index is 1150. The number of amides is 1. The average molecular weight is 378 g/mol. The number of rotatable bonds is 2. The van der Waals surface area contributed by atoms with Gasteiger partial charge in [-0.25, -0.2) is 9.37 Å². The van der Waals surface area contributed by atoms with Gasteiger partial charge in [0.1, 0.15) is 11.6 Å². The number of carbonyl (C=O) groups excluding carboxylic acids is 1. The van der Waals surface area contributed by atoms with E-state index in [-0.39, 0.29) is 17.6 Å². The van der Waals surface area contributed by atoms with Crippen LogP contribution in [-0.4, -0.2) is 20.7 Å². The highest BCUT2D eigenvalue weighted by molar-refractivity contribution is 7.20. The lowest BCUT2D eigenvalue weighted by molar-refractivity contribution is -0.116. The first-order valence-corrected chi connectivity index (χ1v) is 9.42. The molecule has 0 unspecified atom stereocenters. The molecule has 0 aliphatic carbocycles. The highest BCUT2D eigenvalue weighted by atomic mass is 32.1. The molecule has 27 heavy (non-hydrogen) atoms. The van der Waals surface area contributed by atoms with Crippen molar-refractivity contribution in [1.82, 2.24) is 14.8 Å². The van der Waals surface area contributed by atoms with Crippen molar-refractivity contribution in [2.75, 3.05) is 5.32 Å². The first-order valence-electron chi connectivity index (χ1n) is 8.61. The van der Waals surface area contributed by atoms with Crippen molar-refractivity contribution < 1.29 is 9.18 Å². The second-order valence-corrected chi connectivity index (χ2v) is 7.59. The first-order chi connectivity index (χ1) is 13.1. The van der Waals surface area contributed by atoms with E-state index >= 15 is 0 Å². The Labute approximate surface area is 158 Å². The molecule has 2 aromatic carbocycles. The molecule has 134 valence electrons. The summed E-state index contributed by atoms with van der Waals surface area (Å²) in [5.41, 5.74) is 3.59. The number of halogens is 1. The highest BCUT2D eigenvalue weighted by Crippen LogP contribution is 2.41. The standard InChI is InChI=1S/C20H15FN4OS/c1-11-18-14(12-6-8-13(21)9-7-12)10-17(26)23-19(18)25(24-11)20-22-15-4-2-3-5-16(15)27-20/h2-9,14H,10H2,1H3,(H,23,26)/t14-/m0/s1. The van der Waals surface area contributed by atoms with Gasteiger partial charge in [-0.1, -0.05) is 35.6 Å². The van der Waals surface area contributed by atoms with Crippen LogP contribution in [0.5, 0.6) is 0 Å². The fourth-order valence-corrected chi connectivity index (χ4v) is 4.54. The van der Waals surface area contributed by atoms with Gasteiger partial charge in [-0.2, -0.15) is 9.78 Å². The molecule has 2 aromatic heterocycles. The monoisotopic (exact) mass is 378 g/mol. The second kappa shape index (κ2) is 5.99. The van der Waals surface area contributed by atoms with Crippen LogP contribution in [0.1, 0.15) is 29.2 Å². The van der Waals surface area contributed by atoms with E-state index in [1.165, 1.54) is 23.5 Å². The summed E-state index contributed by atoms with van der Waals surface area (Å²) in [5.74, 6) is 0.120. The topological polar surface area (TPSA) is 59.8 Å². The fourth-order valence-electron chi connectivity index (χ4n) is 3.62. The number of benzene rings is 2. The second-order valence-electron chi connectivity index (χ2n) is 6.58. The van der Waals surface area contributed by atoms with E-state index in [0.717, 1.165) is 27.0 Å². The Morgan fingerprint density at radius 1 is 1.19 bits per heavy atom. The molecule has 5 nitrogen and oxygen atoms in total. The number of hydrogen-bond acceptors (Lipinski definition) is 4. The Morgan fingerprint density at radius 2 is 1.96 bits per heavy atom. The number of para-hydroxylation sites is 1. The smallest absolute Gasteiger partial charge is 0.226 e. The van der Waals surface area contributed by atoms with E-state index in [1.54, 1.807) is 16.8 Å². The summed E-state index contributed by atoms with van der Waals surface area (Å²) in [5, 5.41) is 8.33. The zero-order valence-corrected chi connectivity index (χ0v) is 15.3. The molecule has 3 heterocycles. The number of aromatic nitrogens is 3. The van der Waals surface area contributed by atoms with E-state index in [9.17, 15) is 9.18 Å². The summed E-state index contributed by atoms with van der Waals surface area (Å²) in [6.45, 7) is 1.93. The molecule has 1 atom stereocenters.